The zero-order valence-corrected chi connectivity index (χ0v) is 14.2. The molecule has 1 aromatic heterocycles. The molecule has 5 atom stereocenters. The first kappa shape index (κ1) is 15.0. The Bertz CT molecular complexity index is 499. The normalized spacial score (nSPS) is 30.6. The molecule has 21 heavy (non-hydrogen) atoms. The topological polar surface area (TPSA) is 24.9 Å². The van der Waals surface area contributed by atoms with Gasteiger partial charge in [0, 0.05) is 23.5 Å². The first-order valence-corrected chi connectivity index (χ1v) is 8.66. The van der Waals surface area contributed by atoms with Crippen LogP contribution in [0, 0.1) is 38.5 Å². The van der Waals surface area contributed by atoms with Crippen LogP contribution >= 0.6 is 0 Å². The molecule has 0 aliphatic heterocycles. The highest BCUT2D eigenvalue weighted by Crippen LogP contribution is 2.49. The second kappa shape index (κ2) is 5.72. The Kier molecular flexibility index (Phi) is 4.09. The number of pyridine rings is 1. The maximum absolute atomic E-state index is 4.66. The Hall–Kier alpha value is -0.890. The monoisotopic (exact) mass is 286 g/mol. The molecule has 1 aromatic rings. The predicted molar refractivity (Wildman–Crippen MR) is 88.4 cm³/mol. The number of hydrogen-bond acceptors (Lipinski definition) is 2. The molecular formula is C19H30N2. The van der Waals surface area contributed by atoms with Gasteiger partial charge in [-0.2, -0.15) is 0 Å². The van der Waals surface area contributed by atoms with Crippen molar-refractivity contribution >= 4 is 0 Å². The number of nitrogens with zero attached hydrogens (tertiary/aromatic N) is 1. The third-order valence-electron chi connectivity index (χ3n) is 5.96. The van der Waals surface area contributed by atoms with Gasteiger partial charge in [-0.3, -0.25) is 4.98 Å². The largest absolute Gasteiger partial charge is 0.307 e. The van der Waals surface area contributed by atoms with E-state index in [1.807, 2.05) is 0 Å². The van der Waals surface area contributed by atoms with Crippen molar-refractivity contribution in [1.29, 1.82) is 0 Å². The molecule has 2 aliphatic rings. The molecule has 0 radical (unpaired) electrons. The summed E-state index contributed by atoms with van der Waals surface area (Å²) in [5, 5.41) is 3.88. The van der Waals surface area contributed by atoms with E-state index in [4.69, 9.17) is 0 Å². The molecule has 116 valence electrons. The van der Waals surface area contributed by atoms with Crippen molar-refractivity contribution < 1.29 is 0 Å². The van der Waals surface area contributed by atoms with Crippen molar-refractivity contribution in [3.63, 3.8) is 0 Å². The molecule has 2 saturated carbocycles. The Morgan fingerprint density at radius 3 is 2.48 bits per heavy atom. The van der Waals surface area contributed by atoms with Crippen molar-refractivity contribution in [2.45, 2.75) is 72.4 Å². The van der Waals surface area contributed by atoms with Gasteiger partial charge in [0.05, 0.1) is 0 Å². The van der Waals surface area contributed by atoms with E-state index in [1.165, 1.54) is 42.5 Å². The number of fused-ring (bicyclic) bond motifs is 2. The summed E-state index contributed by atoms with van der Waals surface area (Å²) in [7, 11) is 0. The minimum Gasteiger partial charge on any atom is -0.307 e. The van der Waals surface area contributed by atoms with Crippen LogP contribution in [0.1, 0.15) is 68.1 Å². The Morgan fingerprint density at radius 1 is 1.14 bits per heavy atom. The molecule has 2 fully saturated rings. The molecule has 0 saturated heterocycles. The lowest BCUT2D eigenvalue weighted by Gasteiger charge is -2.32. The average Bonchev–Trinajstić information content (AvgIpc) is 2.99. The highest BCUT2D eigenvalue weighted by atomic mass is 15.0. The van der Waals surface area contributed by atoms with Gasteiger partial charge in [0.25, 0.3) is 0 Å². The minimum absolute atomic E-state index is 0.396. The molecule has 2 heteroatoms. The first-order chi connectivity index (χ1) is 9.95. The van der Waals surface area contributed by atoms with Crippen LogP contribution in [0.15, 0.2) is 6.07 Å². The number of hydrogen-bond donors (Lipinski definition) is 1. The van der Waals surface area contributed by atoms with E-state index in [1.54, 1.807) is 0 Å². The van der Waals surface area contributed by atoms with Crippen LogP contribution in [0.2, 0.25) is 0 Å². The van der Waals surface area contributed by atoms with E-state index in [0.29, 0.717) is 12.1 Å². The summed E-state index contributed by atoms with van der Waals surface area (Å²) in [5.74, 6) is 2.91. The van der Waals surface area contributed by atoms with Gasteiger partial charge >= 0.3 is 0 Å². The van der Waals surface area contributed by atoms with E-state index in [-0.39, 0.29) is 0 Å². The fourth-order valence-electron chi connectivity index (χ4n) is 5.20. The minimum atomic E-state index is 0.396. The third kappa shape index (κ3) is 2.88. The quantitative estimate of drug-likeness (QED) is 0.882. The van der Waals surface area contributed by atoms with Crippen LogP contribution < -0.4 is 5.32 Å². The van der Waals surface area contributed by atoms with Crippen molar-refractivity contribution in [3.05, 3.63) is 28.6 Å². The first-order valence-electron chi connectivity index (χ1n) is 8.66. The van der Waals surface area contributed by atoms with Gasteiger partial charge in [-0.25, -0.2) is 0 Å². The van der Waals surface area contributed by atoms with Crippen molar-refractivity contribution in [3.8, 4) is 0 Å². The lowest BCUT2D eigenvalue weighted by Crippen LogP contribution is -2.38. The van der Waals surface area contributed by atoms with E-state index >= 15 is 0 Å². The molecule has 0 amide bonds. The number of aromatic nitrogens is 1. The van der Waals surface area contributed by atoms with Crippen LogP contribution in [0.4, 0.5) is 0 Å². The van der Waals surface area contributed by atoms with Crippen LogP contribution in [-0.2, 0) is 0 Å². The molecule has 2 aliphatic carbocycles. The van der Waals surface area contributed by atoms with Crippen LogP contribution in [0.25, 0.3) is 0 Å². The number of nitrogens with one attached hydrogen (secondary N) is 1. The van der Waals surface area contributed by atoms with Gasteiger partial charge < -0.3 is 5.32 Å². The van der Waals surface area contributed by atoms with Gasteiger partial charge in [0.2, 0.25) is 0 Å². The van der Waals surface area contributed by atoms with Crippen LogP contribution in [-0.4, -0.2) is 11.0 Å². The third-order valence-corrected chi connectivity index (χ3v) is 5.96. The van der Waals surface area contributed by atoms with Crippen molar-refractivity contribution in [2.24, 2.45) is 17.8 Å². The fraction of sp³-hybridized carbons (Fsp3) is 0.737. The van der Waals surface area contributed by atoms with E-state index in [9.17, 15) is 0 Å². The molecule has 2 bridgehead atoms. The van der Waals surface area contributed by atoms with Crippen LogP contribution in [0.3, 0.4) is 0 Å². The zero-order valence-electron chi connectivity index (χ0n) is 14.2. The molecule has 0 spiro atoms. The SMILES string of the molecule is Cc1cc(C)c(C(C)NC(C)C2CC3CCC2C3)c(C)n1. The van der Waals surface area contributed by atoms with Gasteiger partial charge in [-0.1, -0.05) is 6.42 Å². The summed E-state index contributed by atoms with van der Waals surface area (Å²) in [6.07, 6.45) is 5.91. The fourth-order valence-corrected chi connectivity index (χ4v) is 5.20. The average molecular weight is 286 g/mol. The molecule has 0 aromatic carbocycles. The smallest absolute Gasteiger partial charge is 0.0426 e. The predicted octanol–water partition coefficient (Wildman–Crippen LogP) is 4.48. The zero-order chi connectivity index (χ0) is 15.1. The maximum Gasteiger partial charge on any atom is 0.0426 e. The lowest BCUT2D eigenvalue weighted by atomic mass is 9.83. The standard InChI is InChI=1S/C19H30N2/c1-11-8-12(2)20-14(4)19(11)15(5)21-13(3)18-10-16-6-7-17(18)9-16/h8,13,15-18,21H,6-7,9-10H2,1-5H3. The van der Waals surface area contributed by atoms with Crippen molar-refractivity contribution in [1.82, 2.24) is 10.3 Å². The summed E-state index contributed by atoms with van der Waals surface area (Å²) >= 11 is 0. The summed E-state index contributed by atoms with van der Waals surface area (Å²) in [6, 6.07) is 3.23. The molecular weight excluding hydrogens is 256 g/mol. The van der Waals surface area contributed by atoms with E-state index in [2.05, 4.69) is 51.0 Å². The Balaban J connectivity index is 1.70. The molecule has 5 unspecified atom stereocenters. The number of aryl methyl sites for hydroxylation is 3. The Labute approximate surface area is 129 Å². The number of rotatable bonds is 4. The van der Waals surface area contributed by atoms with Gasteiger partial charge in [-0.05, 0) is 88.8 Å². The van der Waals surface area contributed by atoms with Crippen LogP contribution in [0.5, 0.6) is 0 Å². The molecule has 1 heterocycles. The second-order valence-corrected chi connectivity index (χ2v) is 7.60. The van der Waals surface area contributed by atoms with Gasteiger partial charge in [-0.15, -0.1) is 0 Å². The summed E-state index contributed by atoms with van der Waals surface area (Å²) in [4.78, 5) is 4.66. The Morgan fingerprint density at radius 2 is 1.90 bits per heavy atom. The highest BCUT2D eigenvalue weighted by molar-refractivity contribution is 5.33. The van der Waals surface area contributed by atoms with Gasteiger partial charge in [0.15, 0.2) is 0 Å². The summed E-state index contributed by atoms with van der Waals surface area (Å²) in [6.45, 7) is 11.1. The summed E-state index contributed by atoms with van der Waals surface area (Å²) < 4.78 is 0. The maximum atomic E-state index is 4.66. The van der Waals surface area contributed by atoms with Crippen molar-refractivity contribution in [2.75, 3.05) is 0 Å². The molecule has 3 rings (SSSR count). The molecule has 2 nitrogen and oxygen atoms in total. The van der Waals surface area contributed by atoms with E-state index < -0.39 is 0 Å². The van der Waals surface area contributed by atoms with Gasteiger partial charge in [0.1, 0.15) is 0 Å². The second-order valence-electron chi connectivity index (χ2n) is 7.60. The van der Waals surface area contributed by atoms with E-state index in [0.717, 1.165) is 23.4 Å². The summed E-state index contributed by atoms with van der Waals surface area (Å²) in [5.41, 5.74) is 5.09. The molecule has 1 N–H and O–H groups in total. The lowest BCUT2D eigenvalue weighted by molar-refractivity contribution is 0.248. The highest BCUT2D eigenvalue weighted by Gasteiger charge is 2.41.